The minimum atomic E-state index is 0.0591. The molecule has 26 aromatic rings. The number of fused-ring (bicyclic) bond motifs is 14. The van der Waals surface area contributed by atoms with E-state index in [4.69, 9.17) is 4.98 Å². The summed E-state index contributed by atoms with van der Waals surface area (Å²) in [5.74, 6) is 0. The Balaban J connectivity index is 0.000000115. The molecule has 2 aromatic heterocycles. The number of benzene rings is 24. The lowest BCUT2D eigenvalue weighted by molar-refractivity contribution is 0.591. The molecule has 0 aliphatic rings. The van der Waals surface area contributed by atoms with Gasteiger partial charge in [-0.15, -0.1) is 0 Å². The molecule has 0 saturated heterocycles. The quantitative estimate of drug-likeness (QED) is 0.0654. The van der Waals surface area contributed by atoms with Crippen molar-refractivity contribution in [2.75, 3.05) is 9.80 Å². The topological polar surface area (TPSA) is 32.3 Å². The van der Waals surface area contributed by atoms with Crippen LogP contribution in [0.3, 0.4) is 0 Å². The fourth-order valence-corrected chi connectivity index (χ4v) is 20.6. The third-order valence-electron chi connectivity index (χ3n) is 27.6. The summed E-state index contributed by atoms with van der Waals surface area (Å²) in [5, 5.41) is 29.9. The highest BCUT2D eigenvalue weighted by atomic mass is 15.1. The molecule has 0 aliphatic heterocycles. The largest absolute Gasteiger partial charge is 0.310 e. The lowest BCUT2D eigenvalue weighted by Crippen LogP contribution is -2.10. The lowest BCUT2D eigenvalue weighted by Gasteiger charge is -2.26. The van der Waals surface area contributed by atoms with Gasteiger partial charge < -0.3 is 9.80 Å². The van der Waals surface area contributed by atoms with Gasteiger partial charge in [0.25, 0.3) is 0 Å². The summed E-state index contributed by atoms with van der Waals surface area (Å²) in [7, 11) is 0. The van der Waals surface area contributed by atoms with E-state index in [9.17, 15) is 0 Å². The van der Waals surface area contributed by atoms with Crippen molar-refractivity contribution in [2.24, 2.45) is 0 Å². The third-order valence-corrected chi connectivity index (χ3v) is 27.6. The van der Waals surface area contributed by atoms with E-state index < -0.39 is 0 Å². The van der Waals surface area contributed by atoms with Gasteiger partial charge in [0.05, 0.1) is 16.7 Å². The Morgan fingerprint density at radius 2 is 0.449 bits per heavy atom. The predicted octanol–water partition coefficient (Wildman–Crippen LogP) is 37.6. The van der Waals surface area contributed by atoms with E-state index in [2.05, 4.69) is 539 Å². The van der Waals surface area contributed by atoms with Crippen molar-refractivity contribution in [2.45, 2.75) is 26.2 Å². The van der Waals surface area contributed by atoms with E-state index in [1.165, 1.54) is 169 Å². The van der Waals surface area contributed by atoms with E-state index in [1.807, 2.05) is 12.3 Å². The van der Waals surface area contributed by atoms with Crippen LogP contribution in [-0.4, -0.2) is 9.97 Å². The molecule has 0 fully saturated rings. The Morgan fingerprint density at radius 1 is 0.188 bits per heavy atom. The summed E-state index contributed by atoms with van der Waals surface area (Å²) in [6, 6.07) is 180. The standard InChI is InChI=1S/C54H38N2.C42H26N2.C38H30/c1-5-13-45-35-51(31-23-41(45)9-1)55(52-32-24-42-10-2-6-14-46(42)36-52)49-27-19-39(20-28-49)17-18-40-21-29-50(30-22-40)56(53-33-25-43-11-3-7-15-47(43)37-53)54-34-26-44-12-4-8-16-48(44)38-54;1-2-9-32-26-33(22-15-27(32)8-1)40-36-13-5-3-11-34(36)39(35-12-4-6-14-37(35)40)29-18-16-28(17-19-29)38-24-23-31-21-20-30-10-7-25-43-41(30)42(31)44-38;1-38(2,3)31-20-21-34-35(24-31)37(30-19-17-26-11-5-7-13-28(26)23-30)33-15-9-8-14-32(33)36(34)29-18-16-25-10-4-6-12-27(25)22-29/h1-38H;1-26H;4-24H,1-3H3/b18-17+;;. The van der Waals surface area contributed by atoms with Gasteiger partial charge in [0, 0.05) is 56.7 Å². The molecule has 0 spiro atoms. The van der Waals surface area contributed by atoms with Gasteiger partial charge in [-0.3, -0.25) is 4.98 Å². The molecule has 138 heavy (non-hydrogen) atoms. The van der Waals surface area contributed by atoms with Crippen LogP contribution in [0, 0.1) is 0 Å². The van der Waals surface area contributed by atoms with Gasteiger partial charge in [0.15, 0.2) is 0 Å². The fourth-order valence-electron chi connectivity index (χ4n) is 20.6. The fraction of sp³-hybridized carbons (Fsp3) is 0.0299. The highest BCUT2D eigenvalue weighted by Gasteiger charge is 2.24. The number of pyridine rings is 2. The van der Waals surface area contributed by atoms with Gasteiger partial charge in [-0.1, -0.05) is 421 Å². The van der Waals surface area contributed by atoms with Gasteiger partial charge in [0.1, 0.15) is 0 Å². The highest BCUT2D eigenvalue weighted by Crippen LogP contribution is 2.50. The van der Waals surface area contributed by atoms with Crippen molar-refractivity contribution in [3.8, 4) is 55.8 Å². The van der Waals surface area contributed by atoms with Gasteiger partial charge in [0.2, 0.25) is 0 Å². The highest BCUT2D eigenvalue weighted by molar-refractivity contribution is 6.24. The first-order valence-electron chi connectivity index (χ1n) is 47.6. The molecule has 0 bridgehead atoms. The maximum absolute atomic E-state index is 5.08. The van der Waals surface area contributed by atoms with Gasteiger partial charge in [-0.2, -0.15) is 0 Å². The zero-order valence-electron chi connectivity index (χ0n) is 76.9. The van der Waals surface area contributed by atoms with Gasteiger partial charge in [-0.25, -0.2) is 4.98 Å². The van der Waals surface area contributed by atoms with Crippen molar-refractivity contribution in [3.63, 3.8) is 0 Å². The van der Waals surface area contributed by atoms with Crippen molar-refractivity contribution in [1.82, 2.24) is 9.97 Å². The van der Waals surface area contributed by atoms with Crippen LogP contribution in [0.5, 0.6) is 0 Å². The summed E-state index contributed by atoms with van der Waals surface area (Å²) >= 11 is 0. The Labute approximate surface area is 802 Å². The summed E-state index contributed by atoms with van der Waals surface area (Å²) in [4.78, 5) is 14.4. The second-order valence-electron chi connectivity index (χ2n) is 37.1. The van der Waals surface area contributed by atoms with Crippen LogP contribution in [0.2, 0.25) is 0 Å². The van der Waals surface area contributed by atoms with E-state index in [-0.39, 0.29) is 5.41 Å². The van der Waals surface area contributed by atoms with Crippen molar-refractivity contribution < 1.29 is 0 Å². The molecular weight excluding hydrogens is 1670 g/mol. The summed E-state index contributed by atoms with van der Waals surface area (Å²) in [6.07, 6.45) is 6.23. The van der Waals surface area contributed by atoms with E-state index in [1.54, 1.807) is 0 Å². The molecule has 0 saturated carbocycles. The third kappa shape index (κ3) is 16.1. The average molecular weight is 1760 g/mol. The smallest absolute Gasteiger partial charge is 0.0972 e. The maximum atomic E-state index is 5.08. The van der Waals surface area contributed by atoms with Crippen LogP contribution in [-0.2, 0) is 5.41 Å². The molecule has 0 N–H and O–H groups in total. The number of aromatic nitrogens is 2. The van der Waals surface area contributed by atoms with Crippen LogP contribution < -0.4 is 9.80 Å². The zero-order chi connectivity index (χ0) is 92.2. The molecule has 24 aromatic carbocycles. The second-order valence-corrected chi connectivity index (χ2v) is 37.1. The number of nitrogens with zero attached hydrogens (tertiary/aromatic N) is 4. The first-order chi connectivity index (χ1) is 68.0. The molecule has 2 heterocycles. The van der Waals surface area contributed by atoms with Crippen LogP contribution in [0.4, 0.5) is 34.1 Å². The minimum absolute atomic E-state index is 0.0591. The SMILES string of the molecule is C(=C\c1ccc(N(c2ccc3ccccc3c2)c2ccc3ccccc3c2)cc1)/c1ccc(N(c2ccc3ccccc3c2)c2ccc3ccccc3c2)cc1.CC(C)(C)c1ccc2c(-c3ccc4ccccc4c3)c3ccccc3c(-c3ccc4ccccc4c3)c2c1.c1ccc2cc(-c3c4ccccc4c(-c4ccc(-c5ccc6ccc7cccnc7c6n5)cc4)c4ccccc34)ccc2c1. The van der Waals surface area contributed by atoms with Crippen molar-refractivity contribution in [1.29, 1.82) is 0 Å². The van der Waals surface area contributed by atoms with Crippen LogP contribution in [0.1, 0.15) is 37.5 Å². The number of hydrogen-bond acceptors (Lipinski definition) is 4. The number of anilines is 6. The molecule has 0 amide bonds. The molecule has 650 valence electrons. The Morgan fingerprint density at radius 3 is 0.804 bits per heavy atom. The Hall–Kier alpha value is -17.7. The molecule has 0 atom stereocenters. The second kappa shape index (κ2) is 35.7. The molecule has 0 unspecified atom stereocenters. The minimum Gasteiger partial charge on any atom is -0.310 e. The van der Waals surface area contributed by atoms with Crippen LogP contribution in [0.15, 0.2) is 504 Å². The molecule has 26 rings (SSSR count). The molecule has 0 aliphatic carbocycles. The summed E-state index contributed by atoms with van der Waals surface area (Å²) < 4.78 is 0. The van der Waals surface area contributed by atoms with Gasteiger partial charge in [-0.05, 0) is 294 Å². The molecule has 0 radical (unpaired) electrons. The average Bonchev–Trinajstić information content (AvgIpc) is 0.726. The van der Waals surface area contributed by atoms with E-state index in [0.717, 1.165) is 78.3 Å². The van der Waals surface area contributed by atoms with E-state index >= 15 is 0 Å². The van der Waals surface area contributed by atoms with E-state index in [0.29, 0.717) is 0 Å². The van der Waals surface area contributed by atoms with Crippen LogP contribution >= 0.6 is 0 Å². The molecule has 4 heteroatoms. The van der Waals surface area contributed by atoms with Crippen molar-refractivity contribution in [3.05, 3.63) is 520 Å². The molecular formula is C134H94N4. The number of rotatable bonds is 13. The summed E-state index contributed by atoms with van der Waals surface area (Å²) in [5.41, 5.74) is 24.5. The first kappa shape index (κ1) is 83.4. The van der Waals surface area contributed by atoms with Gasteiger partial charge >= 0.3 is 0 Å². The number of hydrogen-bond donors (Lipinski definition) is 0. The lowest BCUT2D eigenvalue weighted by atomic mass is 9.81. The van der Waals surface area contributed by atoms with Crippen molar-refractivity contribution >= 4 is 187 Å². The zero-order valence-corrected chi connectivity index (χ0v) is 76.9. The molecule has 4 nitrogen and oxygen atoms in total. The predicted molar refractivity (Wildman–Crippen MR) is 593 cm³/mol. The first-order valence-corrected chi connectivity index (χ1v) is 47.6. The monoisotopic (exact) mass is 1760 g/mol. The maximum Gasteiger partial charge on any atom is 0.0972 e. The normalized spacial score (nSPS) is 11.7. The Kier molecular flexibility index (Phi) is 21.6. The summed E-state index contributed by atoms with van der Waals surface area (Å²) in [6.45, 7) is 6.90. The van der Waals surface area contributed by atoms with Crippen LogP contribution in [0.25, 0.3) is 208 Å². The Bertz CT molecular complexity index is 8840.